The molecule has 4 heteroatoms. The van der Waals surface area contributed by atoms with Gasteiger partial charge in [-0.3, -0.25) is 4.79 Å². The molecule has 0 amide bonds. The van der Waals surface area contributed by atoms with Gasteiger partial charge in [-0.1, -0.05) is 0 Å². The lowest BCUT2D eigenvalue weighted by atomic mass is 9.87. The molecule has 1 unspecified atom stereocenters. The van der Waals surface area contributed by atoms with Crippen LogP contribution in [0.15, 0.2) is 11.3 Å². The third kappa shape index (κ3) is 2.81. The van der Waals surface area contributed by atoms with E-state index < -0.39 is 0 Å². The van der Waals surface area contributed by atoms with Gasteiger partial charge in [0.05, 0.1) is 12.5 Å². The zero-order valence-corrected chi connectivity index (χ0v) is 9.30. The largest absolute Gasteiger partial charge is 0.466 e. The van der Waals surface area contributed by atoms with Crippen molar-refractivity contribution in [3.8, 4) is 0 Å². The summed E-state index contributed by atoms with van der Waals surface area (Å²) < 4.78 is 4.99. The summed E-state index contributed by atoms with van der Waals surface area (Å²) in [7, 11) is 1.85. The van der Waals surface area contributed by atoms with Gasteiger partial charge < -0.3 is 15.5 Å². The molecule has 1 rings (SSSR count). The Hall–Kier alpha value is -1.32. The summed E-state index contributed by atoms with van der Waals surface area (Å²) in [5.74, 6) is -0.203. The number of allylic oxidation sites excluding steroid dienone is 2. The van der Waals surface area contributed by atoms with E-state index in [2.05, 4.69) is 5.32 Å². The van der Waals surface area contributed by atoms with E-state index in [1.54, 1.807) is 0 Å². The molecule has 0 radical (unpaired) electrons. The van der Waals surface area contributed by atoms with Gasteiger partial charge >= 0.3 is 5.97 Å². The van der Waals surface area contributed by atoms with Crippen LogP contribution in [0.2, 0.25) is 0 Å². The van der Waals surface area contributed by atoms with Crippen LogP contribution in [0.3, 0.4) is 0 Å². The highest BCUT2D eigenvalue weighted by atomic mass is 16.5. The molecule has 0 saturated carbocycles. The van der Waals surface area contributed by atoms with Crippen LogP contribution in [-0.4, -0.2) is 25.8 Å². The van der Waals surface area contributed by atoms with Gasteiger partial charge in [-0.05, 0) is 31.8 Å². The molecule has 0 spiro atoms. The van der Waals surface area contributed by atoms with E-state index in [0.717, 1.165) is 24.1 Å². The van der Waals surface area contributed by atoms with Gasteiger partial charge in [0.25, 0.3) is 0 Å². The number of nitrogens with one attached hydrogen (secondary N) is 2. The van der Waals surface area contributed by atoms with Gasteiger partial charge in [0.1, 0.15) is 0 Å². The minimum atomic E-state index is -0.132. The summed E-state index contributed by atoms with van der Waals surface area (Å²) in [6.07, 6.45) is 3.59. The Morgan fingerprint density at radius 2 is 2.47 bits per heavy atom. The Morgan fingerprint density at radius 3 is 3.00 bits per heavy atom. The minimum Gasteiger partial charge on any atom is -0.466 e. The van der Waals surface area contributed by atoms with Crippen molar-refractivity contribution in [3.63, 3.8) is 0 Å². The number of rotatable bonds is 4. The first kappa shape index (κ1) is 11.8. The lowest BCUT2D eigenvalue weighted by Crippen LogP contribution is -2.25. The second-order valence-corrected chi connectivity index (χ2v) is 3.59. The van der Waals surface area contributed by atoms with Crippen LogP contribution in [-0.2, 0) is 9.53 Å². The minimum absolute atomic E-state index is 0.0707. The van der Waals surface area contributed by atoms with E-state index in [9.17, 15) is 4.79 Å². The zero-order chi connectivity index (χ0) is 11.3. The van der Waals surface area contributed by atoms with E-state index in [4.69, 9.17) is 10.1 Å². The van der Waals surface area contributed by atoms with Crippen LogP contribution in [0.1, 0.15) is 26.2 Å². The zero-order valence-electron chi connectivity index (χ0n) is 9.30. The normalized spacial score (nSPS) is 21.1. The second-order valence-electron chi connectivity index (χ2n) is 3.59. The van der Waals surface area contributed by atoms with Crippen LogP contribution in [0, 0.1) is 11.3 Å². The Kier molecular flexibility index (Phi) is 4.34. The highest BCUT2D eigenvalue weighted by Crippen LogP contribution is 2.27. The molecular formula is C11H18N2O2. The summed E-state index contributed by atoms with van der Waals surface area (Å²) in [5.41, 5.74) is 1.99. The monoisotopic (exact) mass is 210 g/mol. The molecule has 1 aliphatic rings. The van der Waals surface area contributed by atoms with Crippen molar-refractivity contribution in [2.75, 3.05) is 13.7 Å². The second kappa shape index (κ2) is 5.53. The van der Waals surface area contributed by atoms with Crippen LogP contribution >= 0.6 is 0 Å². The van der Waals surface area contributed by atoms with Crippen LogP contribution in [0.25, 0.3) is 0 Å². The van der Waals surface area contributed by atoms with Crippen molar-refractivity contribution < 1.29 is 9.53 Å². The first-order valence-corrected chi connectivity index (χ1v) is 5.29. The Balaban J connectivity index is 2.67. The number of esters is 1. The number of hydrogen-bond acceptors (Lipinski definition) is 4. The number of ether oxygens (including phenoxy) is 1. The van der Waals surface area contributed by atoms with E-state index in [1.807, 2.05) is 14.0 Å². The average molecular weight is 210 g/mol. The number of hydrogen-bond donors (Lipinski definition) is 2. The third-order valence-corrected chi connectivity index (χ3v) is 2.69. The lowest BCUT2D eigenvalue weighted by Gasteiger charge is -2.23. The molecule has 0 aromatic rings. The molecule has 0 aromatic heterocycles. The van der Waals surface area contributed by atoms with Gasteiger partial charge in [0.15, 0.2) is 0 Å². The molecule has 0 aliphatic heterocycles. The first-order chi connectivity index (χ1) is 7.22. The van der Waals surface area contributed by atoms with Crippen molar-refractivity contribution in [2.45, 2.75) is 26.2 Å². The molecule has 1 atom stereocenters. The summed E-state index contributed by atoms with van der Waals surface area (Å²) in [4.78, 5) is 11.5. The number of carbonyl (C=O) groups is 1. The van der Waals surface area contributed by atoms with Gasteiger partial charge in [-0.15, -0.1) is 0 Å². The van der Waals surface area contributed by atoms with E-state index >= 15 is 0 Å². The quantitative estimate of drug-likeness (QED) is 0.545. The molecule has 2 N–H and O–H groups in total. The third-order valence-electron chi connectivity index (χ3n) is 2.69. The Bertz CT molecular complexity index is 284. The van der Waals surface area contributed by atoms with Crippen LogP contribution < -0.4 is 5.32 Å². The Morgan fingerprint density at radius 1 is 1.73 bits per heavy atom. The van der Waals surface area contributed by atoms with Crippen LogP contribution in [0.5, 0.6) is 0 Å². The topological polar surface area (TPSA) is 62.2 Å². The first-order valence-electron chi connectivity index (χ1n) is 5.29. The summed E-state index contributed by atoms with van der Waals surface area (Å²) in [6.45, 7) is 2.24. The lowest BCUT2D eigenvalue weighted by molar-refractivity contribution is -0.148. The molecule has 0 saturated heterocycles. The molecule has 0 fully saturated rings. The molecule has 0 aromatic carbocycles. The molecule has 4 nitrogen and oxygen atoms in total. The van der Waals surface area contributed by atoms with Gasteiger partial charge in [-0.2, -0.15) is 0 Å². The fraction of sp³-hybridized carbons (Fsp3) is 0.636. The average Bonchev–Trinajstić information content (AvgIpc) is 2.28. The van der Waals surface area contributed by atoms with E-state index in [1.165, 1.54) is 6.21 Å². The standard InChI is InChI=1S/C11H18N2O2/c1-3-15-11(14)8-4-5-10(13-2)9(6-8)7-12/h7-8,12-13H,3-6H2,1-2H3. The fourth-order valence-electron chi connectivity index (χ4n) is 1.86. The Labute approximate surface area is 90.2 Å². The van der Waals surface area contributed by atoms with E-state index in [-0.39, 0.29) is 11.9 Å². The maximum absolute atomic E-state index is 11.5. The molecule has 84 valence electrons. The molecule has 0 heterocycles. The van der Waals surface area contributed by atoms with Crippen LogP contribution in [0.4, 0.5) is 0 Å². The van der Waals surface area contributed by atoms with Gasteiger partial charge in [0, 0.05) is 19.0 Å². The molecule has 1 aliphatic carbocycles. The smallest absolute Gasteiger partial charge is 0.309 e. The van der Waals surface area contributed by atoms with Crippen molar-refractivity contribution in [1.29, 1.82) is 5.41 Å². The van der Waals surface area contributed by atoms with Crippen molar-refractivity contribution in [1.82, 2.24) is 5.32 Å². The van der Waals surface area contributed by atoms with Crippen molar-refractivity contribution in [2.24, 2.45) is 5.92 Å². The van der Waals surface area contributed by atoms with E-state index in [0.29, 0.717) is 13.0 Å². The highest BCUT2D eigenvalue weighted by molar-refractivity contribution is 5.81. The van der Waals surface area contributed by atoms with Gasteiger partial charge in [0.2, 0.25) is 0 Å². The highest BCUT2D eigenvalue weighted by Gasteiger charge is 2.26. The maximum Gasteiger partial charge on any atom is 0.309 e. The number of carbonyl (C=O) groups excluding carboxylic acids is 1. The molecular weight excluding hydrogens is 192 g/mol. The molecule has 15 heavy (non-hydrogen) atoms. The predicted molar refractivity (Wildman–Crippen MR) is 58.8 cm³/mol. The maximum atomic E-state index is 11.5. The summed E-state index contributed by atoms with van der Waals surface area (Å²) in [5, 5.41) is 10.4. The van der Waals surface area contributed by atoms with Gasteiger partial charge in [-0.25, -0.2) is 0 Å². The summed E-state index contributed by atoms with van der Waals surface area (Å²) in [6, 6.07) is 0. The fourth-order valence-corrected chi connectivity index (χ4v) is 1.86. The molecule has 0 bridgehead atoms. The SMILES string of the molecule is CCOC(=O)C1CCC(NC)=C(C=N)C1. The predicted octanol–water partition coefficient (Wildman–Crippen LogP) is 1.47. The van der Waals surface area contributed by atoms with Crippen molar-refractivity contribution in [3.05, 3.63) is 11.3 Å². The van der Waals surface area contributed by atoms with Crippen molar-refractivity contribution >= 4 is 12.2 Å². The summed E-state index contributed by atoms with van der Waals surface area (Å²) >= 11 is 0.